The van der Waals surface area contributed by atoms with Crippen molar-refractivity contribution in [3.8, 4) is 11.5 Å². The van der Waals surface area contributed by atoms with Gasteiger partial charge in [0.25, 0.3) is 0 Å². The number of benzene rings is 1. The lowest BCUT2D eigenvalue weighted by Gasteiger charge is -2.10. The average Bonchev–Trinajstić information content (AvgIpc) is 2.50. The van der Waals surface area contributed by atoms with Gasteiger partial charge in [-0.05, 0) is 24.1 Å². The van der Waals surface area contributed by atoms with Crippen LogP contribution < -0.4 is 14.8 Å². The van der Waals surface area contributed by atoms with Gasteiger partial charge in [-0.15, -0.1) is 0 Å². The Balaban J connectivity index is 2.27. The van der Waals surface area contributed by atoms with Crippen molar-refractivity contribution in [2.45, 2.75) is 19.0 Å². The molecule has 0 saturated carbocycles. The maximum Gasteiger partial charge on any atom is 0.411 e. The minimum Gasteiger partial charge on any atom is -0.493 e. The molecule has 0 atom stereocenters. The molecule has 8 heteroatoms. The Kier molecular flexibility index (Phi) is 7.67. The van der Waals surface area contributed by atoms with Crippen LogP contribution in [0.4, 0.5) is 13.2 Å². The zero-order valence-electron chi connectivity index (χ0n) is 13.0. The van der Waals surface area contributed by atoms with Crippen molar-refractivity contribution in [1.29, 1.82) is 0 Å². The fourth-order valence-corrected chi connectivity index (χ4v) is 1.82. The second-order valence-corrected chi connectivity index (χ2v) is 4.71. The van der Waals surface area contributed by atoms with Gasteiger partial charge in [-0.25, -0.2) is 0 Å². The number of rotatable bonds is 9. The molecule has 0 radical (unpaired) electrons. The van der Waals surface area contributed by atoms with Crippen LogP contribution in [0.25, 0.3) is 0 Å². The first kappa shape index (κ1) is 19.1. The molecule has 1 aromatic carbocycles. The van der Waals surface area contributed by atoms with Crippen LogP contribution in [0, 0.1) is 0 Å². The number of carbonyl (C=O) groups excluding carboxylic acids is 1. The maximum absolute atomic E-state index is 11.8. The summed E-state index contributed by atoms with van der Waals surface area (Å²) in [7, 11) is 3.07. The largest absolute Gasteiger partial charge is 0.493 e. The van der Waals surface area contributed by atoms with E-state index in [1.54, 1.807) is 19.2 Å². The summed E-state index contributed by atoms with van der Waals surface area (Å²) in [5.41, 5.74) is 0.941. The second kappa shape index (κ2) is 9.24. The molecule has 0 saturated heterocycles. The van der Waals surface area contributed by atoms with Crippen molar-refractivity contribution >= 4 is 5.91 Å². The van der Waals surface area contributed by atoms with E-state index in [0.717, 1.165) is 5.56 Å². The second-order valence-electron chi connectivity index (χ2n) is 4.71. The Labute approximate surface area is 132 Å². The molecule has 0 aromatic heterocycles. The number of amides is 1. The van der Waals surface area contributed by atoms with Crippen LogP contribution in [-0.4, -0.2) is 46.1 Å². The molecular formula is C15H20F3NO4. The summed E-state index contributed by atoms with van der Waals surface area (Å²) < 4.78 is 50.2. The van der Waals surface area contributed by atoms with E-state index in [0.29, 0.717) is 24.5 Å². The molecule has 1 N–H and O–H groups in total. The highest BCUT2D eigenvalue weighted by Gasteiger charge is 2.27. The predicted octanol–water partition coefficient (Wildman–Crippen LogP) is 2.33. The Morgan fingerprint density at radius 3 is 2.48 bits per heavy atom. The molecule has 0 heterocycles. The lowest BCUT2D eigenvalue weighted by molar-refractivity contribution is -0.174. The summed E-state index contributed by atoms with van der Waals surface area (Å²) >= 11 is 0. The highest BCUT2D eigenvalue weighted by atomic mass is 19.4. The number of carbonyl (C=O) groups is 1. The summed E-state index contributed by atoms with van der Waals surface area (Å²) in [5.74, 6) is 0.853. The number of hydrogen-bond acceptors (Lipinski definition) is 4. The van der Waals surface area contributed by atoms with Gasteiger partial charge in [0.15, 0.2) is 11.5 Å². The van der Waals surface area contributed by atoms with Crippen LogP contribution in [0.15, 0.2) is 18.2 Å². The van der Waals surface area contributed by atoms with Gasteiger partial charge >= 0.3 is 6.18 Å². The van der Waals surface area contributed by atoms with Crippen molar-refractivity contribution in [3.05, 3.63) is 23.8 Å². The molecule has 5 nitrogen and oxygen atoms in total. The SMILES string of the molecule is COc1ccc(CCNC(=O)CCOCC(F)(F)F)cc1OC. The van der Waals surface area contributed by atoms with Crippen LogP contribution in [0.5, 0.6) is 11.5 Å². The first-order valence-electron chi connectivity index (χ1n) is 6.98. The third-order valence-corrected chi connectivity index (χ3v) is 2.92. The van der Waals surface area contributed by atoms with Gasteiger partial charge in [-0.2, -0.15) is 13.2 Å². The van der Waals surface area contributed by atoms with E-state index < -0.39 is 12.8 Å². The van der Waals surface area contributed by atoms with Crippen molar-refractivity contribution in [3.63, 3.8) is 0 Å². The number of alkyl halides is 3. The number of ether oxygens (including phenoxy) is 3. The minimum atomic E-state index is -4.37. The van der Waals surface area contributed by atoms with E-state index in [1.165, 1.54) is 7.11 Å². The topological polar surface area (TPSA) is 56.8 Å². The zero-order chi connectivity index (χ0) is 17.3. The molecule has 0 spiro atoms. The Hall–Kier alpha value is -1.96. The molecule has 1 amide bonds. The van der Waals surface area contributed by atoms with E-state index >= 15 is 0 Å². The van der Waals surface area contributed by atoms with Crippen LogP contribution in [0.1, 0.15) is 12.0 Å². The third kappa shape index (κ3) is 7.73. The lowest BCUT2D eigenvalue weighted by atomic mass is 10.1. The van der Waals surface area contributed by atoms with Crippen LogP contribution in [0.2, 0.25) is 0 Å². The van der Waals surface area contributed by atoms with Gasteiger partial charge in [0.05, 0.1) is 20.8 Å². The van der Waals surface area contributed by atoms with Crippen LogP contribution in [-0.2, 0) is 16.0 Å². The molecule has 130 valence electrons. The monoisotopic (exact) mass is 335 g/mol. The lowest BCUT2D eigenvalue weighted by Crippen LogP contribution is -2.27. The Morgan fingerprint density at radius 1 is 1.17 bits per heavy atom. The van der Waals surface area contributed by atoms with Crippen molar-refractivity contribution < 1.29 is 32.2 Å². The highest BCUT2D eigenvalue weighted by molar-refractivity contribution is 5.75. The number of methoxy groups -OCH3 is 2. The molecule has 0 aliphatic heterocycles. The number of nitrogens with one attached hydrogen (secondary N) is 1. The van der Waals surface area contributed by atoms with E-state index in [4.69, 9.17) is 9.47 Å². The van der Waals surface area contributed by atoms with E-state index in [9.17, 15) is 18.0 Å². The van der Waals surface area contributed by atoms with Gasteiger partial charge in [0, 0.05) is 13.0 Å². The van der Waals surface area contributed by atoms with Crippen LogP contribution in [0.3, 0.4) is 0 Å². The molecule has 0 aliphatic carbocycles. The quantitative estimate of drug-likeness (QED) is 0.704. The summed E-state index contributed by atoms with van der Waals surface area (Å²) in [6.45, 7) is -1.23. The molecular weight excluding hydrogens is 315 g/mol. The molecule has 23 heavy (non-hydrogen) atoms. The maximum atomic E-state index is 11.8. The van der Waals surface area contributed by atoms with Crippen molar-refractivity contribution in [2.24, 2.45) is 0 Å². The van der Waals surface area contributed by atoms with Gasteiger partial charge in [0.1, 0.15) is 6.61 Å². The normalized spacial score (nSPS) is 11.2. The van der Waals surface area contributed by atoms with Crippen molar-refractivity contribution in [1.82, 2.24) is 5.32 Å². The molecule has 1 aromatic rings. The van der Waals surface area contributed by atoms with Crippen molar-refractivity contribution in [2.75, 3.05) is 34.0 Å². The predicted molar refractivity (Wildman–Crippen MR) is 77.8 cm³/mol. The van der Waals surface area contributed by atoms with Gasteiger partial charge in [-0.3, -0.25) is 4.79 Å². The first-order valence-corrected chi connectivity index (χ1v) is 6.98. The smallest absolute Gasteiger partial charge is 0.411 e. The van der Waals surface area contributed by atoms with E-state index in [2.05, 4.69) is 10.1 Å². The fourth-order valence-electron chi connectivity index (χ4n) is 1.82. The summed E-state index contributed by atoms with van der Waals surface area (Å²) in [5, 5.41) is 2.62. The average molecular weight is 335 g/mol. The number of halogens is 3. The zero-order valence-corrected chi connectivity index (χ0v) is 13.0. The first-order chi connectivity index (χ1) is 10.9. The summed E-state index contributed by atoms with van der Waals surface area (Å²) in [4.78, 5) is 11.5. The fraction of sp³-hybridized carbons (Fsp3) is 0.533. The standard InChI is InChI=1S/C15H20F3NO4/c1-21-12-4-3-11(9-13(12)22-2)5-7-19-14(20)6-8-23-10-15(16,17)18/h3-4,9H,5-8,10H2,1-2H3,(H,19,20). The van der Waals surface area contributed by atoms with Gasteiger partial charge in [-0.1, -0.05) is 6.07 Å². The van der Waals surface area contributed by atoms with E-state index in [1.807, 2.05) is 6.07 Å². The summed E-state index contributed by atoms with van der Waals surface area (Å²) in [6.07, 6.45) is -3.92. The summed E-state index contributed by atoms with van der Waals surface area (Å²) in [6, 6.07) is 5.42. The van der Waals surface area contributed by atoms with Gasteiger partial charge in [0.2, 0.25) is 5.91 Å². The van der Waals surface area contributed by atoms with Crippen LogP contribution >= 0.6 is 0 Å². The highest BCUT2D eigenvalue weighted by Crippen LogP contribution is 2.27. The molecule has 0 aliphatic rings. The van der Waals surface area contributed by atoms with E-state index in [-0.39, 0.29) is 18.9 Å². The Morgan fingerprint density at radius 2 is 1.87 bits per heavy atom. The van der Waals surface area contributed by atoms with Gasteiger partial charge < -0.3 is 19.5 Å². The number of hydrogen-bond donors (Lipinski definition) is 1. The minimum absolute atomic E-state index is 0.109. The molecule has 0 bridgehead atoms. The Bertz CT molecular complexity index is 506. The molecule has 0 unspecified atom stereocenters. The molecule has 0 fully saturated rings. The third-order valence-electron chi connectivity index (χ3n) is 2.92. The molecule has 1 rings (SSSR count).